The van der Waals surface area contributed by atoms with Crippen molar-refractivity contribution in [2.45, 2.75) is 155 Å². The zero-order valence-electron chi connectivity index (χ0n) is 31.2. The number of carbonyl (C=O) groups excluding carboxylic acids is 1. The van der Waals surface area contributed by atoms with Crippen LogP contribution in [0.5, 0.6) is 0 Å². The molecule has 49 heavy (non-hydrogen) atoms. The molecule has 0 rings (SSSR count). The number of hydrogen-bond acceptors (Lipinski definition) is 7. The topological polar surface area (TPSA) is 117 Å². The van der Waals surface area contributed by atoms with E-state index in [-0.39, 0.29) is 32.8 Å². The second-order valence-electron chi connectivity index (χ2n) is 12.4. The Balaban J connectivity index is 4.22. The molecule has 0 aliphatic carbocycles. The Kier molecular flexibility index (Phi) is 36.1. The summed E-state index contributed by atoms with van der Waals surface area (Å²) in [5.41, 5.74) is 5.35. The molecule has 2 unspecified atom stereocenters. The summed E-state index contributed by atoms with van der Waals surface area (Å²) in [5, 5.41) is 0. The van der Waals surface area contributed by atoms with Crippen molar-refractivity contribution >= 4 is 13.8 Å². The Morgan fingerprint density at radius 3 is 1.53 bits per heavy atom. The molecule has 0 spiro atoms. The van der Waals surface area contributed by atoms with Crippen LogP contribution < -0.4 is 5.73 Å². The minimum Gasteiger partial charge on any atom is -0.457 e. The van der Waals surface area contributed by atoms with Crippen molar-refractivity contribution in [3.05, 3.63) is 60.8 Å². The van der Waals surface area contributed by atoms with E-state index >= 15 is 0 Å². The van der Waals surface area contributed by atoms with Gasteiger partial charge in [-0.05, 0) is 38.5 Å². The molecule has 0 saturated carbocycles. The number of nitrogens with two attached hydrogens (primary N) is 1. The van der Waals surface area contributed by atoms with Crippen molar-refractivity contribution in [3.63, 3.8) is 0 Å². The fraction of sp³-hybridized carbons (Fsp3) is 0.725. The van der Waals surface area contributed by atoms with Gasteiger partial charge < -0.3 is 20.1 Å². The third-order valence-corrected chi connectivity index (χ3v) is 8.72. The predicted molar refractivity (Wildman–Crippen MR) is 205 cm³/mol. The lowest BCUT2D eigenvalue weighted by atomic mass is 10.0. The van der Waals surface area contributed by atoms with Crippen molar-refractivity contribution in [1.82, 2.24) is 0 Å². The normalized spacial score (nSPS) is 14.3. The summed E-state index contributed by atoms with van der Waals surface area (Å²) in [5.74, 6) is -0.457. The van der Waals surface area contributed by atoms with E-state index in [0.717, 1.165) is 38.5 Å². The van der Waals surface area contributed by atoms with E-state index in [1.807, 2.05) is 6.08 Å². The maximum Gasteiger partial charge on any atom is 0.472 e. The lowest BCUT2D eigenvalue weighted by Crippen LogP contribution is -2.28. The lowest BCUT2D eigenvalue weighted by Gasteiger charge is -2.19. The summed E-state index contributed by atoms with van der Waals surface area (Å²) in [7, 11) is -4.30. The molecule has 284 valence electrons. The van der Waals surface area contributed by atoms with E-state index in [1.54, 1.807) is 6.08 Å². The fourth-order valence-electron chi connectivity index (χ4n) is 4.95. The summed E-state index contributed by atoms with van der Waals surface area (Å²) in [4.78, 5) is 22.3. The number of unbranched alkanes of at least 4 members (excludes halogenated alkanes) is 14. The van der Waals surface area contributed by atoms with E-state index in [2.05, 4.69) is 62.5 Å². The highest BCUT2D eigenvalue weighted by molar-refractivity contribution is 7.47. The third kappa shape index (κ3) is 37.3. The van der Waals surface area contributed by atoms with Crippen LogP contribution in [0.2, 0.25) is 0 Å². The number of esters is 1. The maximum absolute atomic E-state index is 12.5. The number of ether oxygens (including phenoxy) is 2. The number of rotatable bonds is 36. The largest absolute Gasteiger partial charge is 0.472 e. The molecule has 2 atom stereocenters. The first kappa shape index (κ1) is 47.2. The van der Waals surface area contributed by atoms with Gasteiger partial charge in [-0.15, -0.1) is 0 Å². The van der Waals surface area contributed by atoms with Gasteiger partial charge in [-0.3, -0.25) is 13.8 Å². The lowest BCUT2D eigenvalue weighted by molar-refractivity contribution is -0.153. The Morgan fingerprint density at radius 1 is 0.612 bits per heavy atom. The Morgan fingerprint density at radius 2 is 1.06 bits per heavy atom. The molecule has 0 radical (unpaired) electrons. The Hall–Kier alpha value is -1.80. The molecule has 8 nitrogen and oxygen atoms in total. The molecular formula is C40H72NO7P. The summed E-state index contributed by atoms with van der Waals surface area (Å²) >= 11 is 0. The number of carbonyl (C=O) groups is 1. The average molecular weight is 710 g/mol. The Labute approximate surface area is 300 Å². The zero-order chi connectivity index (χ0) is 35.9. The van der Waals surface area contributed by atoms with Crippen molar-refractivity contribution < 1.29 is 32.8 Å². The van der Waals surface area contributed by atoms with Crippen molar-refractivity contribution in [2.75, 3.05) is 33.0 Å². The van der Waals surface area contributed by atoms with Gasteiger partial charge in [0.2, 0.25) is 0 Å². The fourth-order valence-corrected chi connectivity index (χ4v) is 5.72. The van der Waals surface area contributed by atoms with E-state index in [0.29, 0.717) is 13.0 Å². The molecule has 9 heteroatoms. The molecule has 0 bridgehead atoms. The molecule has 0 aromatic heterocycles. The van der Waals surface area contributed by atoms with Gasteiger partial charge in [-0.2, -0.15) is 0 Å². The number of hydrogen-bond donors (Lipinski definition) is 2. The van der Waals surface area contributed by atoms with Crippen LogP contribution in [-0.2, 0) is 27.9 Å². The van der Waals surface area contributed by atoms with Gasteiger partial charge in [0.05, 0.1) is 26.2 Å². The maximum atomic E-state index is 12.5. The standard InChI is InChI=1S/C40H72NO7P/c1-3-5-7-9-11-13-15-17-19-21-23-25-27-29-31-33-40(42)48-39(38-47-49(43,44)46-36-34-41)37-45-35-32-30-28-26-24-22-20-18-16-14-12-10-8-6-4-2/h5,7,11,13,17,19,23,25,29,31,39H,3-4,6,8-10,12,14-16,18,20-22,24,26-28,30,32-38,41H2,1-2H3,(H,43,44)/b7-5-,13-11-,19-17-,25-23-,31-29-. The molecule has 0 aromatic carbocycles. The van der Waals surface area contributed by atoms with Crippen LogP contribution in [0, 0.1) is 0 Å². The number of phosphoric acid groups is 1. The second kappa shape index (κ2) is 37.5. The van der Waals surface area contributed by atoms with Gasteiger partial charge in [0, 0.05) is 13.2 Å². The van der Waals surface area contributed by atoms with Crippen LogP contribution in [0.1, 0.15) is 149 Å². The Bertz CT molecular complexity index is 932. The van der Waals surface area contributed by atoms with E-state index in [1.165, 1.54) is 83.5 Å². The third-order valence-electron chi connectivity index (χ3n) is 7.73. The monoisotopic (exact) mass is 710 g/mol. The molecule has 0 aliphatic rings. The molecule has 0 aromatic rings. The van der Waals surface area contributed by atoms with Gasteiger partial charge >= 0.3 is 13.8 Å². The molecule has 0 amide bonds. The first-order valence-electron chi connectivity index (χ1n) is 19.3. The highest BCUT2D eigenvalue weighted by Crippen LogP contribution is 2.43. The SMILES string of the molecule is CC/C=C\C/C=C\C/C=C\C/C=C\C/C=C\CC(=O)OC(COCCCCCCCCCCCCCCCCC)COP(=O)(O)OCCN. The molecule has 0 fully saturated rings. The molecule has 0 heterocycles. The summed E-state index contributed by atoms with van der Waals surface area (Å²) in [6.07, 6.45) is 44.1. The van der Waals surface area contributed by atoms with Crippen LogP contribution in [0.3, 0.4) is 0 Å². The molecule has 3 N–H and O–H groups in total. The van der Waals surface area contributed by atoms with Gasteiger partial charge in [-0.1, -0.05) is 164 Å². The second-order valence-corrected chi connectivity index (χ2v) is 13.9. The first-order chi connectivity index (χ1) is 23.9. The summed E-state index contributed by atoms with van der Waals surface area (Å²) < 4.78 is 33.2. The minimum absolute atomic E-state index is 0.0763. The van der Waals surface area contributed by atoms with Crippen LogP contribution in [-0.4, -0.2) is 49.9 Å². The van der Waals surface area contributed by atoms with E-state index in [4.69, 9.17) is 24.3 Å². The highest BCUT2D eigenvalue weighted by Gasteiger charge is 2.25. The van der Waals surface area contributed by atoms with E-state index in [9.17, 15) is 14.3 Å². The van der Waals surface area contributed by atoms with Gasteiger partial charge in [0.25, 0.3) is 0 Å². The van der Waals surface area contributed by atoms with Crippen molar-refractivity contribution in [2.24, 2.45) is 5.73 Å². The summed E-state index contributed by atoms with van der Waals surface area (Å²) in [6, 6.07) is 0. The highest BCUT2D eigenvalue weighted by atomic mass is 31.2. The molecule has 0 aliphatic heterocycles. The predicted octanol–water partition coefficient (Wildman–Crippen LogP) is 11.0. The quantitative estimate of drug-likeness (QED) is 0.0286. The smallest absolute Gasteiger partial charge is 0.457 e. The van der Waals surface area contributed by atoms with Crippen LogP contribution in [0.15, 0.2) is 60.8 Å². The van der Waals surface area contributed by atoms with Crippen LogP contribution in [0.25, 0.3) is 0 Å². The zero-order valence-corrected chi connectivity index (χ0v) is 32.1. The minimum atomic E-state index is -4.30. The van der Waals surface area contributed by atoms with Gasteiger partial charge in [0.1, 0.15) is 6.10 Å². The number of allylic oxidation sites excluding steroid dienone is 9. The van der Waals surface area contributed by atoms with Crippen molar-refractivity contribution in [1.29, 1.82) is 0 Å². The average Bonchev–Trinajstić information content (AvgIpc) is 3.09. The van der Waals surface area contributed by atoms with E-state index < -0.39 is 19.9 Å². The molecular weight excluding hydrogens is 637 g/mol. The van der Waals surface area contributed by atoms with Crippen molar-refractivity contribution in [3.8, 4) is 0 Å². The first-order valence-corrected chi connectivity index (χ1v) is 20.8. The molecule has 0 saturated heterocycles. The van der Waals surface area contributed by atoms with Crippen LogP contribution in [0.4, 0.5) is 0 Å². The van der Waals surface area contributed by atoms with Gasteiger partial charge in [0.15, 0.2) is 0 Å². The number of phosphoric ester groups is 1. The van der Waals surface area contributed by atoms with Gasteiger partial charge in [-0.25, -0.2) is 4.57 Å². The summed E-state index contributed by atoms with van der Waals surface area (Å²) in [6.45, 7) is 4.67. The van der Waals surface area contributed by atoms with Crippen LogP contribution >= 0.6 is 7.82 Å².